The first-order valence-corrected chi connectivity index (χ1v) is 7.38. The van der Waals surface area contributed by atoms with Gasteiger partial charge in [0.25, 0.3) is 0 Å². The highest BCUT2D eigenvalue weighted by Gasteiger charge is 2.15. The number of ether oxygens (including phenoxy) is 2. The number of rotatable bonds is 7. The average molecular weight is 277 g/mol. The normalized spacial score (nSPS) is 17.9. The summed E-state index contributed by atoms with van der Waals surface area (Å²) in [5.74, 6) is 0.833. The number of nitrogens with one attached hydrogen (secondary N) is 1. The lowest BCUT2D eigenvalue weighted by Gasteiger charge is -2.11. The Morgan fingerprint density at radius 2 is 2.20 bits per heavy atom. The van der Waals surface area contributed by atoms with Crippen molar-refractivity contribution in [2.24, 2.45) is 0 Å². The van der Waals surface area contributed by atoms with Gasteiger partial charge in [-0.3, -0.25) is 4.79 Å². The molecule has 0 radical (unpaired) electrons. The van der Waals surface area contributed by atoms with E-state index >= 15 is 0 Å². The summed E-state index contributed by atoms with van der Waals surface area (Å²) in [6.07, 6.45) is 3.73. The summed E-state index contributed by atoms with van der Waals surface area (Å²) in [7, 11) is 0. The number of amides is 1. The molecule has 1 saturated heterocycles. The van der Waals surface area contributed by atoms with E-state index in [1.54, 1.807) is 0 Å². The number of carbonyl (C=O) groups is 1. The number of aryl methyl sites for hydroxylation is 1. The summed E-state index contributed by atoms with van der Waals surface area (Å²) in [5.41, 5.74) is 1.28. The quantitative estimate of drug-likeness (QED) is 0.832. The Kier molecular flexibility index (Phi) is 5.87. The maximum Gasteiger partial charge on any atom is 0.223 e. The lowest BCUT2D eigenvalue weighted by atomic mass is 10.2. The van der Waals surface area contributed by atoms with Crippen LogP contribution in [0.1, 0.15) is 31.7 Å². The Morgan fingerprint density at radius 3 is 2.85 bits per heavy atom. The van der Waals surface area contributed by atoms with Crippen LogP contribution in [0.3, 0.4) is 0 Å². The molecular weight excluding hydrogens is 254 g/mol. The van der Waals surface area contributed by atoms with Gasteiger partial charge >= 0.3 is 0 Å². The molecule has 1 heterocycles. The molecule has 0 bridgehead atoms. The molecule has 1 fully saturated rings. The van der Waals surface area contributed by atoms with Crippen molar-refractivity contribution in [2.75, 3.05) is 19.8 Å². The SMILES string of the molecule is CCc1ccc(OCCC(=O)NCC2CCCO2)cc1. The van der Waals surface area contributed by atoms with E-state index in [-0.39, 0.29) is 12.0 Å². The van der Waals surface area contributed by atoms with Crippen molar-refractivity contribution in [3.63, 3.8) is 0 Å². The molecule has 110 valence electrons. The molecule has 1 atom stereocenters. The van der Waals surface area contributed by atoms with Gasteiger partial charge < -0.3 is 14.8 Å². The highest BCUT2D eigenvalue weighted by Crippen LogP contribution is 2.13. The fourth-order valence-corrected chi connectivity index (χ4v) is 2.20. The molecule has 1 N–H and O–H groups in total. The maximum absolute atomic E-state index is 11.6. The van der Waals surface area contributed by atoms with Gasteiger partial charge in [-0.05, 0) is 37.0 Å². The van der Waals surface area contributed by atoms with Crippen LogP contribution in [0, 0.1) is 0 Å². The monoisotopic (exact) mass is 277 g/mol. The van der Waals surface area contributed by atoms with Crippen molar-refractivity contribution in [1.82, 2.24) is 5.32 Å². The highest BCUT2D eigenvalue weighted by molar-refractivity contribution is 5.76. The van der Waals surface area contributed by atoms with Crippen LogP contribution in [0.25, 0.3) is 0 Å². The Labute approximate surface area is 120 Å². The maximum atomic E-state index is 11.6. The molecule has 1 unspecified atom stereocenters. The third-order valence-corrected chi connectivity index (χ3v) is 3.48. The van der Waals surface area contributed by atoms with E-state index in [4.69, 9.17) is 9.47 Å². The predicted molar refractivity (Wildman–Crippen MR) is 77.9 cm³/mol. The largest absolute Gasteiger partial charge is 0.493 e. The molecule has 1 aromatic rings. The van der Waals surface area contributed by atoms with Gasteiger partial charge in [-0.15, -0.1) is 0 Å². The summed E-state index contributed by atoms with van der Waals surface area (Å²) in [6.45, 7) is 3.96. The van der Waals surface area contributed by atoms with Crippen molar-refractivity contribution in [1.29, 1.82) is 0 Å². The van der Waals surface area contributed by atoms with Crippen LogP contribution < -0.4 is 10.1 Å². The molecule has 0 aliphatic carbocycles. The lowest BCUT2D eigenvalue weighted by molar-refractivity contribution is -0.122. The Balaban J connectivity index is 1.60. The molecule has 4 nitrogen and oxygen atoms in total. The van der Waals surface area contributed by atoms with Gasteiger partial charge in [-0.1, -0.05) is 19.1 Å². The van der Waals surface area contributed by atoms with E-state index in [0.29, 0.717) is 19.6 Å². The molecule has 0 aromatic heterocycles. The van der Waals surface area contributed by atoms with Crippen LogP contribution >= 0.6 is 0 Å². The van der Waals surface area contributed by atoms with E-state index in [9.17, 15) is 4.79 Å². The van der Waals surface area contributed by atoms with Crippen molar-refractivity contribution < 1.29 is 14.3 Å². The van der Waals surface area contributed by atoms with E-state index in [1.807, 2.05) is 24.3 Å². The fraction of sp³-hybridized carbons (Fsp3) is 0.562. The Bertz CT molecular complexity index is 410. The second-order valence-corrected chi connectivity index (χ2v) is 5.04. The van der Waals surface area contributed by atoms with Gasteiger partial charge in [0.2, 0.25) is 5.91 Å². The minimum atomic E-state index is 0.0191. The summed E-state index contributed by atoms with van der Waals surface area (Å²) < 4.78 is 11.0. The average Bonchev–Trinajstić information content (AvgIpc) is 2.99. The first-order chi connectivity index (χ1) is 9.78. The number of hydrogen-bond acceptors (Lipinski definition) is 3. The van der Waals surface area contributed by atoms with Gasteiger partial charge in [-0.25, -0.2) is 0 Å². The molecule has 2 rings (SSSR count). The van der Waals surface area contributed by atoms with E-state index in [2.05, 4.69) is 12.2 Å². The summed E-state index contributed by atoms with van der Waals surface area (Å²) in [4.78, 5) is 11.6. The molecular formula is C16H23NO3. The Hall–Kier alpha value is -1.55. The van der Waals surface area contributed by atoms with Gasteiger partial charge in [0.05, 0.1) is 19.1 Å². The van der Waals surface area contributed by atoms with Crippen LogP contribution in [0.15, 0.2) is 24.3 Å². The van der Waals surface area contributed by atoms with Crippen LogP contribution in [0.2, 0.25) is 0 Å². The molecule has 4 heteroatoms. The van der Waals surface area contributed by atoms with Crippen LogP contribution in [-0.4, -0.2) is 31.8 Å². The van der Waals surface area contributed by atoms with Crippen LogP contribution in [-0.2, 0) is 16.0 Å². The molecule has 0 spiro atoms. The van der Waals surface area contributed by atoms with Crippen molar-refractivity contribution >= 4 is 5.91 Å². The number of benzene rings is 1. The Morgan fingerprint density at radius 1 is 1.40 bits per heavy atom. The highest BCUT2D eigenvalue weighted by atomic mass is 16.5. The molecule has 1 aliphatic rings. The zero-order valence-corrected chi connectivity index (χ0v) is 12.1. The van der Waals surface area contributed by atoms with E-state index < -0.39 is 0 Å². The fourth-order valence-electron chi connectivity index (χ4n) is 2.20. The topological polar surface area (TPSA) is 47.6 Å². The second kappa shape index (κ2) is 7.90. The molecule has 1 aromatic carbocycles. The summed E-state index contributed by atoms with van der Waals surface area (Å²) >= 11 is 0. The predicted octanol–water partition coefficient (Wildman–Crippen LogP) is 2.31. The van der Waals surface area contributed by atoms with Crippen molar-refractivity contribution in [3.05, 3.63) is 29.8 Å². The van der Waals surface area contributed by atoms with Gasteiger partial charge in [0.1, 0.15) is 5.75 Å². The molecule has 0 saturated carbocycles. The first kappa shape index (κ1) is 14.9. The summed E-state index contributed by atoms with van der Waals surface area (Å²) in [6, 6.07) is 7.99. The number of carbonyl (C=O) groups excluding carboxylic acids is 1. The standard InChI is InChI=1S/C16H23NO3/c1-2-13-5-7-14(8-6-13)20-11-9-16(18)17-12-15-4-3-10-19-15/h5-8,15H,2-4,9-12H2,1H3,(H,17,18). The lowest BCUT2D eigenvalue weighted by Crippen LogP contribution is -2.32. The minimum Gasteiger partial charge on any atom is -0.493 e. The van der Waals surface area contributed by atoms with E-state index in [0.717, 1.165) is 31.6 Å². The third-order valence-electron chi connectivity index (χ3n) is 3.48. The van der Waals surface area contributed by atoms with Gasteiger partial charge in [0.15, 0.2) is 0 Å². The number of hydrogen-bond donors (Lipinski definition) is 1. The van der Waals surface area contributed by atoms with Gasteiger partial charge in [0, 0.05) is 13.2 Å². The third kappa shape index (κ3) is 4.85. The molecule has 1 aliphatic heterocycles. The van der Waals surface area contributed by atoms with Gasteiger partial charge in [-0.2, -0.15) is 0 Å². The zero-order chi connectivity index (χ0) is 14.2. The summed E-state index contributed by atoms with van der Waals surface area (Å²) in [5, 5.41) is 2.89. The van der Waals surface area contributed by atoms with E-state index in [1.165, 1.54) is 5.56 Å². The molecule has 20 heavy (non-hydrogen) atoms. The van der Waals surface area contributed by atoms with Crippen LogP contribution in [0.4, 0.5) is 0 Å². The minimum absolute atomic E-state index is 0.0191. The smallest absolute Gasteiger partial charge is 0.223 e. The van der Waals surface area contributed by atoms with Crippen LogP contribution in [0.5, 0.6) is 5.75 Å². The first-order valence-electron chi connectivity index (χ1n) is 7.38. The molecule has 1 amide bonds. The second-order valence-electron chi connectivity index (χ2n) is 5.04. The van der Waals surface area contributed by atoms with Crippen molar-refractivity contribution in [2.45, 2.75) is 38.7 Å². The zero-order valence-electron chi connectivity index (χ0n) is 12.1. The van der Waals surface area contributed by atoms with Crippen molar-refractivity contribution in [3.8, 4) is 5.75 Å².